The molecule has 1 N–H and O–H groups in total. The van der Waals surface area contributed by atoms with Crippen LogP contribution in [0.5, 0.6) is 0 Å². The van der Waals surface area contributed by atoms with Gasteiger partial charge in [-0.1, -0.05) is 19.1 Å². The molecule has 0 aliphatic carbocycles. The molecule has 0 saturated heterocycles. The quantitative estimate of drug-likeness (QED) is 0.654. The number of halogens is 1. The highest BCUT2D eigenvalue weighted by Crippen LogP contribution is 2.19. The van der Waals surface area contributed by atoms with Gasteiger partial charge in [-0.15, -0.1) is 0 Å². The average Bonchev–Trinajstić information content (AvgIpc) is 2.15. The van der Waals surface area contributed by atoms with Crippen molar-refractivity contribution in [3.05, 3.63) is 29.8 Å². The third kappa shape index (κ3) is 3.02. The van der Waals surface area contributed by atoms with Crippen LogP contribution in [0.2, 0.25) is 0 Å². The molecular formula is C9H9ClO4S. The number of rotatable bonds is 3. The first kappa shape index (κ1) is 12.2. The highest BCUT2D eigenvalue weighted by molar-refractivity contribution is 7.85. The predicted octanol–water partition coefficient (Wildman–Crippen LogP) is 1.80. The summed E-state index contributed by atoms with van der Waals surface area (Å²) in [6, 6.07) is 5.32. The Hall–Kier alpha value is -0.910. The van der Waals surface area contributed by atoms with Gasteiger partial charge in [-0.05, 0) is 29.3 Å². The molecule has 0 amide bonds. The van der Waals surface area contributed by atoms with Crippen LogP contribution in [-0.2, 0) is 14.9 Å². The second-order valence-corrected chi connectivity index (χ2v) is 4.86. The maximum Gasteiger partial charge on any atom is 0.294 e. The Labute approximate surface area is 92.6 Å². The van der Waals surface area contributed by atoms with Gasteiger partial charge in [0.15, 0.2) is 0 Å². The van der Waals surface area contributed by atoms with Gasteiger partial charge in [-0.3, -0.25) is 9.35 Å². The van der Waals surface area contributed by atoms with Crippen LogP contribution in [-0.4, -0.2) is 18.2 Å². The van der Waals surface area contributed by atoms with E-state index >= 15 is 0 Å². The summed E-state index contributed by atoms with van der Waals surface area (Å²) in [5, 5.41) is -0.519. The van der Waals surface area contributed by atoms with Crippen molar-refractivity contribution in [2.24, 2.45) is 0 Å². The number of benzene rings is 1. The molecule has 0 spiro atoms. The Morgan fingerprint density at radius 2 is 1.80 bits per heavy atom. The average molecular weight is 249 g/mol. The van der Waals surface area contributed by atoms with Crippen molar-refractivity contribution < 1.29 is 17.8 Å². The van der Waals surface area contributed by atoms with E-state index in [1.165, 1.54) is 24.3 Å². The fourth-order valence-electron chi connectivity index (χ4n) is 1.06. The number of hydrogen-bond donors (Lipinski definition) is 1. The smallest absolute Gasteiger partial charge is 0.282 e. The third-order valence-electron chi connectivity index (χ3n) is 2.02. The van der Waals surface area contributed by atoms with Gasteiger partial charge in [0, 0.05) is 0 Å². The number of carbonyl (C=O) groups is 1. The highest BCUT2D eigenvalue weighted by Gasteiger charge is 2.14. The van der Waals surface area contributed by atoms with Crippen LogP contribution in [0.4, 0.5) is 0 Å². The maximum absolute atomic E-state index is 10.8. The summed E-state index contributed by atoms with van der Waals surface area (Å²) in [6.07, 6.45) is 0. The van der Waals surface area contributed by atoms with Gasteiger partial charge in [-0.25, -0.2) is 0 Å². The molecule has 0 heterocycles. The molecule has 1 unspecified atom stereocenters. The van der Waals surface area contributed by atoms with Crippen LogP contribution in [0.15, 0.2) is 29.2 Å². The molecule has 1 rings (SSSR count). The molecule has 0 aromatic heterocycles. The molecule has 0 radical (unpaired) electrons. The summed E-state index contributed by atoms with van der Waals surface area (Å²) in [5.74, 6) is -0.498. The fraction of sp³-hybridized carbons (Fsp3) is 0.222. The maximum atomic E-state index is 10.8. The van der Waals surface area contributed by atoms with Crippen molar-refractivity contribution in [2.45, 2.75) is 17.7 Å². The van der Waals surface area contributed by atoms with Gasteiger partial charge in [-0.2, -0.15) is 8.42 Å². The van der Waals surface area contributed by atoms with Crippen LogP contribution in [0.25, 0.3) is 0 Å². The molecule has 0 saturated carbocycles. The Kier molecular flexibility index (Phi) is 3.49. The van der Waals surface area contributed by atoms with Crippen molar-refractivity contribution in [2.75, 3.05) is 0 Å². The molecule has 0 aliphatic rings. The summed E-state index contributed by atoms with van der Waals surface area (Å²) in [5.41, 5.74) is 0.599. The first-order chi connectivity index (χ1) is 6.82. The van der Waals surface area contributed by atoms with Crippen molar-refractivity contribution >= 4 is 27.0 Å². The van der Waals surface area contributed by atoms with Gasteiger partial charge in [0.25, 0.3) is 10.1 Å². The van der Waals surface area contributed by atoms with Gasteiger partial charge < -0.3 is 0 Å². The molecule has 82 valence electrons. The largest absolute Gasteiger partial charge is 0.294 e. The standard InChI is InChI=1S/C9H9ClO4S/c1-6(9(10)11)7-2-4-8(5-3-7)15(12,13)14/h2-6H,1H3,(H,12,13,14). The van der Waals surface area contributed by atoms with E-state index in [4.69, 9.17) is 16.2 Å². The minimum absolute atomic E-state index is 0.208. The summed E-state index contributed by atoms with van der Waals surface area (Å²) in [7, 11) is -4.18. The molecule has 4 nitrogen and oxygen atoms in total. The van der Waals surface area contributed by atoms with Gasteiger partial charge in [0.2, 0.25) is 5.24 Å². The van der Waals surface area contributed by atoms with Gasteiger partial charge in [0.1, 0.15) is 0 Å². The van der Waals surface area contributed by atoms with Crippen LogP contribution in [0.1, 0.15) is 18.4 Å². The van der Waals surface area contributed by atoms with Crippen molar-refractivity contribution in [3.8, 4) is 0 Å². The van der Waals surface area contributed by atoms with Gasteiger partial charge in [0.05, 0.1) is 10.8 Å². The van der Waals surface area contributed by atoms with Crippen LogP contribution in [0, 0.1) is 0 Å². The summed E-state index contributed by atoms with van der Waals surface area (Å²) >= 11 is 5.29. The van der Waals surface area contributed by atoms with Crippen LogP contribution < -0.4 is 0 Å². The summed E-state index contributed by atoms with van der Waals surface area (Å²) < 4.78 is 30.1. The van der Waals surface area contributed by atoms with E-state index in [0.29, 0.717) is 5.56 Å². The van der Waals surface area contributed by atoms with Crippen molar-refractivity contribution in [1.82, 2.24) is 0 Å². The van der Waals surface area contributed by atoms with Crippen molar-refractivity contribution in [1.29, 1.82) is 0 Å². The minimum Gasteiger partial charge on any atom is -0.282 e. The topological polar surface area (TPSA) is 71.4 Å². The Bertz CT molecular complexity index is 463. The van der Waals surface area contributed by atoms with E-state index in [1.54, 1.807) is 6.92 Å². The Morgan fingerprint density at radius 3 is 2.13 bits per heavy atom. The molecule has 1 aromatic rings. The third-order valence-corrected chi connectivity index (χ3v) is 3.21. The first-order valence-electron chi connectivity index (χ1n) is 4.09. The monoisotopic (exact) mass is 248 g/mol. The lowest BCUT2D eigenvalue weighted by Gasteiger charge is -2.06. The summed E-state index contributed by atoms with van der Waals surface area (Å²) in [4.78, 5) is 10.6. The van der Waals surface area contributed by atoms with Crippen LogP contribution in [0.3, 0.4) is 0 Å². The molecule has 1 atom stereocenters. The number of carbonyl (C=O) groups excluding carboxylic acids is 1. The summed E-state index contributed by atoms with van der Waals surface area (Å²) in [6.45, 7) is 1.61. The molecular weight excluding hydrogens is 240 g/mol. The molecule has 6 heteroatoms. The lowest BCUT2D eigenvalue weighted by Crippen LogP contribution is -2.03. The lowest BCUT2D eigenvalue weighted by molar-refractivity contribution is -0.112. The predicted molar refractivity (Wildman–Crippen MR) is 55.5 cm³/mol. The zero-order chi connectivity index (χ0) is 11.6. The zero-order valence-corrected chi connectivity index (χ0v) is 9.42. The second kappa shape index (κ2) is 4.30. The molecule has 0 aliphatic heterocycles. The lowest BCUT2D eigenvalue weighted by atomic mass is 10.0. The van der Waals surface area contributed by atoms with E-state index in [2.05, 4.69) is 0 Å². The minimum atomic E-state index is -4.18. The van der Waals surface area contributed by atoms with E-state index in [9.17, 15) is 13.2 Å². The number of hydrogen-bond acceptors (Lipinski definition) is 3. The van der Waals surface area contributed by atoms with E-state index < -0.39 is 21.3 Å². The zero-order valence-electron chi connectivity index (χ0n) is 7.84. The molecule has 0 bridgehead atoms. The van der Waals surface area contributed by atoms with Crippen molar-refractivity contribution in [3.63, 3.8) is 0 Å². The van der Waals surface area contributed by atoms with Gasteiger partial charge >= 0.3 is 0 Å². The van der Waals surface area contributed by atoms with E-state index in [1.807, 2.05) is 0 Å². The fourth-order valence-corrected chi connectivity index (χ4v) is 1.67. The Morgan fingerprint density at radius 1 is 1.33 bits per heavy atom. The molecule has 15 heavy (non-hydrogen) atoms. The highest BCUT2D eigenvalue weighted by atomic mass is 35.5. The SMILES string of the molecule is CC(C(=O)Cl)c1ccc(S(=O)(=O)O)cc1. The van der Waals surface area contributed by atoms with E-state index in [0.717, 1.165) is 0 Å². The molecule has 0 fully saturated rings. The first-order valence-corrected chi connectivity index (χ1v) is 5.91. The Balaban J connectivity index is 3.06. The normalized spacial score (nSPS) is 13.5. The van der Waals surface area contributed by atoms with Crippen LogP contribution >= 0.6 is 11.6 Å². The second-order valence-electron chi connectivity index (χ2n) is 3.07. The molecule has 1 aromatic carbocycles. The van der Waals surface area contributed by atoms with E-state index in [-0.39, 0.29) is 4.90 Å².